The number of ether oxygens (including phenoxy) is 2. The van der Waals surface area contributed by atoms with Crippen LogP contribution in [0.4, 0.5) is 5.00 Å². The second-order valence-corrected chi connectivity index (χ2v) is 5.93. The summed E-state index contributed by atoms with van der Waals surface area (Å²) in [5.41, 5.74) is 0. The first-order valence-corrected chi connectivity index (χ1v) is 8.73. The predicted molar refractivity (Wildman–Crippen MR) is 95.4 cm³/mol. The van der Waals surface area contributed by atoms with Crippen LogP contribution in [-0.4, -0.2) is 43.6 Å². The second-order valence-electron chi connectivity index (χ2n) is 4.84. The molecule has 0 saturated carbocycles. The van der Waals surface area contributed by atoms with Crippen molar-refractivity contribution in [2.75, 3.05) is 25.1 Å². The van der Waals surface area contributed by atoms with Crippen LogP contribution in [0.25, 0.3) is 0 Å². The Labute approximate surface area is 151 Å². The van der Waals surface area contributed by atoms with Crippen LogP contribution in [0.5, 0.6) is 0 Å². The summed E-state index contributed by atoms with van der Waals surface area (Å²) in [6.45, 7) is 4.17. The van der Waals surface area contributed by atoms with Crippen molar-refractivity contribution in [1.29, 1.82) is 0 Å². The van der Waals surface area contributed by atoms with Gasteiger partial charge in [0.15, 0.2) is 0 Å². The molecule has 0 radical (unpaired) electrons. The van der Waals surface area contributed by atoms with E-state index < -0.39 is 23.9 Å². The van der Waals surface area contributed by atoms with Gasteiger partial charge in [-0.3, -0.25) is 9.59 Å². The van der Waals surface area contributed by atoms with Gasteiger partial charge in [0.2, 0.25) is 0 Å². The van der Waals surface area contributed by atoms with Gasteiger partial charge in [0.25, 0.3) is 5.91 Å². The van der Waals surface area contributed by atoms with Gasteiger partial charge < -0.3 is 20.1 Å². The maximum Gasteiger partial charge on any atom is 0.328 e. The van der Waals surface area contributed by atoms with Gasteiger partial charge in [-0.1, -0.05) is 5.92 Å². The molecule has 0 bridgehead atoms. The summed E-state index contributed by atoms with van der Waals surface area (Å²) in [6, 6.07) is 2.45. The van der Waals surface area contributed by atoms with E-state index in [0.717, 1.165) is 5.00 Å². The lowest BCUT2D eigenvalue weighted by molar-refractivity contribution is -0.146. The molecule has 8 heteroatoms. The lowest BCUT2D eigenvalue weighted by Gasteiger charge is -2.16. The smallest absolute Gasteiger partial charge is 0.328 e. The molecule has 1 amide bonds. The molecule has 0 fully saturated rings. The van der Waals surface area contributed by atoms with Crippen LogP contribution in [0.2, 0.25) is 0 Å². The molecule has 1 aromatic heterocycles. The quantitative estimate of drug-likeness (QED) is 0.484. The van der Waals surface area contributed by atoms with Gasteiger partial charge in [-0.05, 0) is 32.4 Å². The van der Waals surface area contributed by atoms with E-state index in [9.17, 15) is 14.4 Å². The maximum atomic E-state index is 12.3. The number of anilines is 1. The normalized spacial score (nSPS) is 11.1. The molecule has 1 atom stereocenters. The molecule has 7 nitrogen and oxygen atoms in total. The monoisotopic (exact) mass is 366 g/mol. The molecule has 0 unspecified atom stereocenters. The number of esters is 2. The van der Waals surface area contributed by atoms with Crippen LogP contribution in [0.15, 0.2) is 12.1 Å². The third kappa shape index (κ3) is 7.27. The van der Waals surface area contributed by atoms with Crippen molar-refractivity contribution in [3.05, 3.63) is 17.0 Å². The van der Waals surface area contributed by atoms with Crippen molar-refractivity contribution in [1.82, 2.24) is 5.32 Å². The van der Waals surface area contributed by atoms with E-state index in [1.165, 1.54) is 11.3 Å². The Morgan fingerprint density at radius 1 is 1.24 bits per heavy atom. The molecule has 0 aliphatic carbocycles. The van der Waals surface area contributed by atoms with Crippen LogP contribution in [0.3, 0.4) is 0 Å². The number of thiophene rings is 1. The van der Waals surface area contributed by atoms with E-state index in [1.807, 2.05) is 0 Å². The summed E-state index contributed by atoms with van der Waals surface area (Å²) in [7, 11) is 0. The lowest BCUT2D eigenvalue weighted by Crippen LogP contribution is -2.42. The molecule has 1 aromatic rings. The van der Waals surface area contributed by atoms with Crippen molar-refractivity contribution >= 4 is 34.2 Å². The van der Waals surface area contributed by atoms with Gasteiger partial charge in [-0.15, -0.1) is 17.8 Å². The molecule has 0 spiro atoms. The fraction of sp³-hybridized carbons (Fsp3) is 0.471. The first-order chi connectivity index (χ1) is 12.0. The average Bonchev–Trinajstić information content (AvgIpc) is 3.06. The summed E-state index contributed by atoms with van der Waals surface area (Å²) in [6.07, 6.45) is 5.29. The average molecular weight is 366 g/mol. The fourth-order valence-corrected chi connectivity index (χ4v) is 2.71. The summed E-state index contributed by atoms with van der Waals surface area (Å²) in [5, 5.41) is 6.33. The van der Waals surface area contributed by atoms with Gasteiger partial charge in [0.05, 0.1) is 29.6 Å². The summed E-state index contributed by atoms with van der Waals surface area (Å²) >= 11 is 1.22. The molecule has 1 heterocycles. The Bertz CT molecular complexity index is 635. The van der Waals surface area contributed by atoms with Crippen LogP contribution in [0, 0.1) is 12.3 Å². The Balaban J connectivity index is 2.70. The zero-order valence-corrected chi connectivity index (χ0v) is 15.1. The largest absolute Gasteiger partial charge is 0.466 e. The first-order valence-electron chi connectivity index (χ1n) is 7.92. The Morgan fingerprint density at radius 3 is 2.60 bits per heavy atom. The van der Waals surface area contributed by atoms with E-state index in [0.29, 0.717) is 11.4 Å². The van der Waals surface area contributed by atoms with Crippen molar-refractivity contribution in [3.8, 4) is 12.3 Å². The Kier molecular flexibility index (Phi) is 9.11. The summed E-state index contributed by atoms with van der Waals surface area (Å²) in [4.78, 5) is 36.2. The predicted octanol–water partition coefficient (Wildman–Crippen LogP) is 1.80. The van der Waals surface area contributed by atoms with Crippen LogP contribution < -0.4 is 10.6 Å². The summed E-state index contributed by atoms with van der Waals surface area (Å²) in [5.74, 6) is 1.02. The van der Waals surface area contributed by atoms with Gasteiger partial charge >= 0.3 is 11.9 Å². The van der Waals surface area contributed by atoms with Crippen molar-refractivity contribution in [2.24, 2.45) is 0 Å². The maximum absolute atomic E-state index is 12.3. The van der Waals surface area contributed by atoms with E-state index in [-0.39, 0.29) is 26.1 Å². The SMILES string of the molecule is C#CCNc1ccc(C(=O)N[C@@H](CCC(=O)OCC)C(=O)OCC)s1. The van der Waals surface area contributed by atoms with Gasteiger partial charge in [-0.2, -0.15) is 0 Å². The third-order valence-electron chi connectivity index (χ3n) is 3.01. The molecule has 25 heavy (non-hydrogen) atoms. The molecule has 2 N–H and O–H groups in total. The van der Waals surface area contributed by atoms with E-state index in [1.54, 1.807) is 26.0 Å². The van der Waals surface area contributed by atoms with Crippen LogP contribution >= 0.6 is 11.3 Å². The van der Waals surface area contributed by atoms with E-state index >= 15 is 0 Å². The molecule has 136 valence electrons. The van der Waals surface area contributed by atoms with Gasteiger partial charge in [-0.25, -0.2) is 4.79 Å². The highest BCUT2D eigenvalue weighted by atomic mass is 32.1. The zero-order chi connectivity index (χ0) is 18.7. The fourth-order valence-electron chi connectivity index (χ4n) is 1.91. The Morgan fingerprint density at radius 2 is 1.96 bits per heavy atom. The first kappa shape index (κ1) is 20.5. The number of hydrogen-bond donors (Lipinski definition) is 2. The molecule has 1 rings (SSSR count). The van der Waals surface area contributed by atoms with Crippen LogP contribution in [0.1, 0.15) is 36.4 Å². The second kappa shape index (κ2) is 11.1. The highest BCUT2D eigenvalue weighted by Crippen LogP contribution is 2.21. The standard InChI is InChI=1S/C17H22N2O5S/c1-4-11-18-14-9-8-13(25-14)16(21)19-12(17(22)24-6-3)7-10-15(20)23-5-2/h1,8-9,12,18H,5-7,10-11H2,2-3H3,(H,19,21)/t12-/m0/s1. The number of carbonyl (C=O) groups is 3. The molecule has 0 saturated heterocycles. The Hall–Kier alpha value is -2.53. The molecular formula is C17H22N2O5S. The lowest BCUT2D eigenvalue weighted by atomic mass is 10.1. The molecular weight excluding hydrogens is 344 g/mol. The van der Waals surface area contributed by atoms with Crippen LogP contribution in [-0.2, 0) is 19.1 Å². The minimum absolute atomic E-state index is 0.0109. The third-order valence-corrected chi connectivity index (χ3v) is 4.06. The number of terminal acetylenes is 1. The molecule has 0 aliphatic heterocycles. The number of hydrogen-bond acceptors (Lipinski definition) is 7. The minimum Gasteiger partial charge on any atom is -0.466 e. The minimum atomic E-state index is -0.916. The van der Waals surface area contributed by atoms with Crippen molar-refractivity contribution < 1.29 is 23.9 Å². The van der Waals surface area contributed by atoms with Gasteiger partial charge in [0.1, 0.15) is 6.04 Å². The number of carbonyl (C=O) groups excluding carboxylic acids is 3. The molecule has 0 aliphatic rings. The number of amides is 1. The number of nitrogens with one attached hydrogen (secondary N) is 2. The molecule has 0 aromatic carbocycles. The highest BCUT2D eigenvalue weighted by Gasteiger charge is 2.24. The van der Waals surface area contributed by atoms with Gasteiger partial charge in [0, 0.05) is 6.42 Å². The number of rotatable bonds is 10. The highest BCUT2D eigenvalue weighted by molar-refractivity contribution is 7.17. The zero-order valence-electron chi connectivity index (χ0n) is 14.3. The van der Waals surface area contributed by atoms with E-state index in [4.69, 9.17) is 15.9 Å². The van der Waals surface area contributed by atoms with Crippen molar-refractivity contribution in [3.63, 3.8) is 0 Å². The van der Waals surface area contributed by atoms with Crippen molar-refractivity contribution in [2.45, 2.75) is 32.7 Å². The topological polar surface area (TPSA) is 93.7 Å². The van der Waals surface area contributed by atoms with E-state index in [2.05, 4.69) is 16.6 Å². The summed E-state index contributed by atoms with van der Waals surface area (Å²) < 4.78 is 9.79.